The Labute approximate surface area is 146 Å². The number of carbonyl (C=O) groups is 1. The van der Waals surface area contributed by atoms with Crippen molar-refractivity contribution in [2.45, 2.75) is 32.2 Å². The molecule has 1 aromatic heterocycles. The van der Waals surface area contributed by atoms with Gasteiger partial charge >= 0.3 is 6.03 Å². The molecule has 1 aromatic carbocycles. The van der Waals surface area contributed by atoms with Crippen LogP contribution in [0, 0.1) is 13.8 Å². The number of fused-ring (bicyclic) bond motifs is 1. The first-order chi connectivity index (χ1) is 11.4. The normalized spacial score (nSPS) is 19.0. The molecule has 1 aliphatic rings. The van der Waals surface area contributed by atoms with Crippen molar-refractivity contribution in [1.82, 2.24) is 10.3 Å². The fourth-order valence-electron chi connectivity index (χ4n) is 3.32. The van der Waals surface area contributed by atoms with E-state index in [4.69, 9.17) is 11.6 Å². The van der Waals surface area contributed by atoms with Crippen molar-refractivity contribution >= 4 is 23.3 Å². The van der Waals surface area contributed by atoms with Crippen LogP contribution in [0.5, 0.6) is 0 Å². The zero-order chi connectivity index (χ0) is 17.3. The van der Waals surface area contributed by atoms with Gasteiger partial charge in [-0.15, -0.1) is 0 Å². The Hall–Kier alpha value is -2.11. The molecule has 2 amide bonds. The van der Waals surface area contributed by atoms with Gasteiger partial charge in [-0.25, -0.2) is 9.78 Å². The van der Waals surface area contributed by atoms with Crippen LogP contribution in [0.3, 0.4) is 0 Å². The number of urea groups is 1. The summed E-state index contributed by atoms with van der Waals surface area (Å²) >= 11 is 6.14. The lowest BCUT2D eigenvalue weighted by atomic mass is 9.93. The third-order valence-electron chi connectivity index (χ3n) is 4.52. The van der Waals surface area contributed by atoms with Gasteiger partial charge in [0.05, 0.1) is 17.8 Å². The van der Waals surface area contributed by atoms with E-state index in [1.807, 2.05) is 44.2 Å². The standard InChI is InChI=1S/C18H20ClN3O2/c1-11-9-12(2)20-16(19)15(11)21-17(24)22-18(10-23)8-7-13-5-3-4-6-14(13)18/h3-6,9,23H,7-8,10H2,1-2H3,(H2,21,22,24). The third-order valence-corrected chi connectivity index (χ3v) is 4.79. The van der Waals surface area contributed by atoms with Crippen molar-refractivity contribution in [2.75, 3.05) is 11.9 Å². The van der Waals surface area contributed by atoms with Gasteiger partial charge in [0.2, 0.25) is 0 Å². The smallest absolute Gasteiger partial charge is 0.320 e. The number of anilines is 1. The van der Waals surface area contributed by atoms with Crippen LogP contribution < -0.4 is 10.6 Å². The van der Waals surface area contributed by atoms with Crippen molar-refractivity contribution in [2.24, 2.45) is 0 Å². The molecule has 0 radical (unpaired) electrons. The summed E-state index contributed by atoms with van der Waals surface area (Å²) in [7, 11) is 0. The maximum absolute atomic E-state index is 12.5. The Morgan fingerprint density at radius 3 is 2.83 bits per heavy atom. The minimum Gasteiger partial charge on any atom is -0.394 e. The Morgan fingerprint density at radius 1 is 1.38 bits per heavy atom. The Balaban J connectivity index is 1.83. The van der Waals surface area contributed by atoms with Gasteiger partial charge in [0.1, 0.15) is 0 Å². The van der Waals surface area contributed by atoms with Crippen LogP contribution in [0.15, 0.2) is 30.3 Å². The quantitative estimate of drug-likeness (QED) is 0.747. The van der Waals surface area contributed by atoms with E-state index in [2.05, 4.69) is 15.6 Å². The number of nitrogens with one attached hydrogen (secondary N) is 2. The molecule has 0 spiro atoms. The van der Waals surface area contributed by atoms with Crippen molar-refractivity contribution in [1.29, 1.82) is 0 Å². The molecule has 1 atom stereocenters. The van der Waals surface area contributed by atoms with Crippen molar-refractivity contribution in [3.63, 3.8) is 0 Å². The average Bonchev–Trinajstić information content (AvgIpc) is 2.90. The number of aliphatic hydroxyl groups is 1. The molecular formula is C18H20ClN3O2. The molecule has 1 unspecified atom stereocenters. The van der Waals surface area contributed by atoms with Crippen molar-refractivity contribution in [3.8, 4) is 0 Å². The predicted octanol–water partition coefficient (Wildman–Crippen LogP) is 3.31. The van der Waals surface area contributed by atoms with E-state index in [0.717, 1.165) is 28.8 Å². The summed E-state index contributed by atoms with van der Waals surface area (Å²) in [6.45, 7) is 3.55. The summed E-state index contributed by atoms with van der Waals surface area (Å²) in [5.74, 6) is 0. The lowest BCUT2D eigenvalue weighted by molar-refractivity contribution is 0.164. The van der Waals surface area contributed by atoms with Gasteiger partial charge in [-0.05, 0) is 49.4 Å². The number of halogens is 1. The number of pyridine rings is 1. The van der Waals surface area contributed by atoms with E-state index in [0.29, 0.717) is 12.1 Å². The fourth-order valence-corrected chi connectivity index (χ4v) is 3.65. The minimum atomic E-state index is -0.765. The summed E-state index contributed by atoms with van der Waals surface area (Å²) in [6.07, 6.45) is 1.48. The average molecular weight is 346 g/mol. The Bertz CT molecular complexity index is 771. The number of aromatic nitrogens is 1. The number of hydrogen-bond donors (Lipinski definition) is 3. The number of rotatable bonds is 3. The molecular weight excluding hydrogens is 326 g/mol. The summed E-state index contributed by atoms with van der Waals surface area (Å²) in [6, 6.07) is 9.30. The molecule has 0 fully saturated rings. The van der Waals surface area contributed by atoms with E-state index in [-0.39, 0.29) is 11.8 Å². The molecule has 6 heteroatoms. The minimum absolute atomic E-state index is 0.156. The molecule has 24 heavy (non-hydrogen) atoms. The number of aryl methyl sites for hydroxylation is 3. The van der Waals surface area contributed by atoms with Crippen LogP contribution in [-0.2, 0) is 12.0 Å². The maximum atomic E-state index is 12.5. The molecule has 0 bridgehead atoms. The molecule has 126 valence electrons. The summed E-state index contributed by atoms with van der Waals surface area (Å²) in [4.78, 5) is 16.7. The first-order valence-corrected chi connectivity index (χ1v) is 8.25. The molecule has 1 aliphatic carbocycles. The van der Waals surface area contributed by atoms with Gasteiger partial charge < -0.3 is 15.7 Å². The molecule has 0 saturated heterocycles. The second kappa shape index (κ2) is 6.42. The predicted molar refractivity (Wildman–Crippen MR) is 94.4 cm³/mol. The molecule has 2 aromatic rings. The van der Waals surface area contributed by atoms with Gasteiger partial charge in [-0.1, -0.05) is 35.9 Å². The lowest BCUT2D eigenvalue weighted by Crippen LogP contribution is -2.49. The van der Waals surface area contributed by atoms with Gasteiger partial charge in [-0.2, -0.15) is 0 Å². The number of nitrogens with zero attached hydrogens (tertiary/aromatic N) is 1. The van der Waals surface area contributed by atoms with Gasteiger partial charge in [-0.3, -0.25) is 0 Å². The molecule has 3 rings (SSSR count). The molecule has 1 heterocycles. The van der Waals surface area contributed by atoms with E-state index < -0.39 is 11.6 Å². The summed E-state index contributed by atoms with van der Waals surface area (Å²) in [5.41, 5.74) is 3.47. The monoisotopic (exact) mass is 345 g/mol. The SMILES string of the molecule is Cc1cc(C)c(NC(=O)NC2(CO)CCc3ccccc32)c(Cl)n1. The van der Waals surface area contributed by atoms with Gasteiger partial charge in [0.25, 0.3) is 0 Å². The number of carbonyl (C=O) groups excluding carboxylic acids is 1. The number of hydrogen-bond acceptors (Lipinski definition) is 3. The largest absolute Gasteiger partial charge is 0.394 e. The van der Waals surface area contributed by atoms with Crippen LogP contribution in [0.25, 0.3) is 0 Å². The van der Waals surface area contributed by atoms with Crippen LogP contribution in [0.4, 0.5) is 10.5 Å². The number of aliphatic hydroxyl groups excluding tert-OH is 1. The lowest BCUT2D eigenvalue weighted by Gasteiger charge is -2.30. The zero-order valence-corrected chi connectivity index (χ0v) is 14.4. The third kappa shape index (κ3) is 2.97. The maximum Gasteiger partial charge on any atom is 0.320 e. The topological polar surface area (TPSA) is 74.2 Å². The van der Waals surface area contributed by atoms with Gasteiger partial charge in [0.15, 0.2) is 5.15 Å². The number of amides is 2. The van der Waals surface area contributed by atoms with Crippen molar-refractivity contribution < 1.29 is 9.90 Å². The highest BCUT2D eigenvalue weighted by molar-refractivity contribution is 6.32. The van der Waals surface area contributed by atoms with E-state index >= 15 is 0 Å². The highest BCUT2D eigenvalue weighted by Crippen LogP contribution is 2.36. The molecule has 5 nitrogen and oxygen atoms in total. The number of benzene rings is 1. The molecule has 0 saturated carbocycles. The van der Waals surface area contributed by atoms with Crippen LogP contribution >= 0.6 is 11.6 Å². The first-order valence-electron chi connectivity index (χ1n) is 7.87. The molecule has 3 N–H and O–H groups in total. The first kappa shape index (κ1) is 16.7. The fraction of sp³-hybridized carbons (Fsp3) is 0.333. The Morgan fingerprint density at radius 2 is 2.12 bits per heavy atom. The second-order valence-corrected chi connectivity index (χ2v) is 6.58. The highest BCUT2D eigenvalue weighted by Gasteiger charge is 2.39. The second-order valence-electron chi connectivity index (χ2n) is 6.22. The summed E-state index contributed by atoms with van der Waals surface area (Å²) in [5, 5.41) is 15.9. The Kier molecular flexibility index (Phi) is 4.47. The van der Waals surface area contributed by atoms with E-state index in [9.17, 15) is 9.90 Å². The van der Waals surface area contributed by atoms with Crippen LogP contribution in [0.1, 0.15) is 28.8 Å². The molecule has 0 aliphatic heterocycles. The van der Waals surface area contributed by atoms with Gasteiger partial charge in [0, 0.05) is 5.69 Å². The van der Waals surface area contributed by atoms with E-state index in [1.165, 1.54) is 0 Å². The zero-order valence-electron chi connectivity index (χ0n) is 13.7. The summed E-state index contributed by atoms with van der Waals surface area (Å²) < 4.78 is 0. The van der Waals surface area contributed by atoms with Crippen LogP contribution in [0.2, 0.25) is 5.15 Å². The highest BCUT2D eigenvalue weighted by atomic mass is 35.5. The van der Waals surface area contributed by atoms with Crippen LogP contribution in [-0.4, -0.2) is 22.7 Å². The van der Waals surface area contributed by atoms with E-state index in [1.54, 1.807) is 0 Å². The van der Waals surface area contributed by atoms with Crippen molar-refractivity contribution in [3.05, 3.63) is 57.9 Å².